The van der Waals surface area contributed by atoms with Crippen LogP contribution in [0.3, 0.4) is 0 Å². The number of rotatable bonds is 0. The normalized spacial score (nSPS) is 17.7. The van der Waals surface area contributed by atoms with Crippen LogP contribution in [0.4, 0.5) is 0 Å². The van der Waals surface area contributed by atoms with Crippen molar-refractivity contribution in [2.24, 2.45) is 0 Å². The van der Waals surface area contributed by atoms with E-state index in [2.05, 4.69) is 13.3 Å². The predicted octanol–water partition coefficient (Wildman–Crippen LogP) is 2.01. The van der Waals surface area contributed by atoms with Crippen LogP contribution in [0.25, 0.3) is 0 Å². The predicted molar refractivity (Wildman–Crippen MR) is 38.7 cm³/mol. The van der Waals surface area contributed by atoms with E-state index in [1.54, 1.807) is 0 Å². The van der Waals surface area contributed by atoms with Gasteiger partial charge in [-0.05, 0) is 6.92 Å². The van der Waals surface area contributed by atoms with Gasteiger partial charge in [0.1, 0.15) is 0 Å². The maximum Gasteiger partial charge on any atom is 0.0422 e. The molecule has 0 spiro atoms. The smallest absolute Gasteiger partial charge is 0.0422 e. The molecule has 0 saturated carbocycles. The Bertz CT molecular complexity index is 56.9. The van der Waals surface area contributed by atoms with Crippen LogP contribution in [0, 0.1) is 6.42 Å². The average molecular weight is 400 g/mol. The van der Waals surface area contributed by atoms with E-state index in [1.165, 1.54) is 11.5 Å². The van der Waals surface area contributed by atoms with E-state index in [0.717, 1.165) is 4.58 Å². The van der Waals surface area contributed by atoms with Crippen LogP contribution in [0.2, 0.25) is 0 Å². The van der Waals surface area contributed by atoms with E-state index in [1.807, 2.05) is 23.5 Å². The summed E-state index contributed by atoms with van der Waals surface area (Å²) in [6.07, 6.45) is 2.33. The van der Waals surface area contributed by atoms with Gasteiger partial charge in [0.15, 0.2) is 0 Å². The molecule has 5 heteroatoms. The summed E-state index contributed by atoms with van der Waals surface area (Å²) in [6, 6.07) is 0. The van der Waals surface area contributed by atoms with Crippen molar-refractivity contribution in [2.75, 3.05) is 11.5 Å². The third-order valence-electron chi connectivity index (χ3n) is 0.898. The molecule has 0 unspecified atom stereocenters. The van der Waals surface area contributed by atoms with E-state index >= 15 is 0 Å². The van der Waals surface area contributed by atoms with E-state index in [4.69, 9.17) is 0 Å². The Hall–Kier alpha value is 4.01. The molecule has 0 aromatic heterocycles. The summed E-state index contributed by atoms with van der Waals surface area (Å²) in [5.74, 6) is 2.52. The molecular formula is C5H9S2Y3-. The van der Waals surface area contributed by atoms with Crippen molar-refractivity contribution in [3.63, 3.8) is 0 Å². The minimum atomic E-state index is 0. The van der Waals surface area contributed by atoms with Gasteiger partial charge in [0.2, 0.25) is 0 Å². The summed E-state index contributed by atoms with van der Waals surface area (Å²) in [6.45, 7) is 2.27. The molecule has 0 amide bonds. The van der Waals surface area contributed by atoms with E-state index in [-0.39, 0.29) is 98.1 Å². The monoisotopic (exact) mass is 400 g/mol. The Balaban J connectivity index is -0.000000163. The Kier molecular flexibility index (Phi) is 25.5. The molecule has 0 aromatic rings. The summed E-state index contributed by atoms with van der Waals surface area (Å²) >= 11 is 4.05. The maximum absolute atomic E-state index is 2.33. The SMILES string of the molecule is CC1SC[CH-]CS1.[Y].[Y].[Y]. The fourth-order valence-electron chi connectivity index (χ4n) is 0.503. The summed E-state index contributed by atoms with van der Waals surface area (Å²) < 4.78 is 0.838. The Labute approximate surface area is 148 Å². The summed E-state index contributed by atoms with van der Waals surface area (Å²) in [5.41, 5.74) is 0. The molecule has 0 N–H and O–H groups in total. The molecule has 1 fully saturated rings. The van der Waals surface area contributed by atoms with E-state index < -0.39 is 0 Å². The number of hydrogen-bond acceptors (Lipinski definition) is 2. The molecule has 10 heavy (non-hydrogen) atoms. The molecule has 0 aromatic carbocycles. The van der Waals surface area contributed by atoms with Gasteiger partial charge < -0.3 is 6.42 Å². The first-order chi connectivity index (χ1) is 3.39. The first-order valence-electron chi connectivity index (χ1n) is 2.44. The third-order valence-corrected chi connectivity index (χ3v) is 3.51. The van der Waals surface area contributed by atoms with Gasteiger partial charge in [-0.25, -0.2) is 0 Å². The van der Waals surface area contributed by atoms with Gasteiger partial charge in [-0.1, -0.05) is 0 Å². The minimum absolute atomic E-state index is 0. The van der Waals surface area contributed by atoms with Gasteiger partial charge in [-0.15, -0.1) is 11.5 Å². The largest absolute Gasteiger partial charge is 0.309 e. The van der Waals surface area contributed by atoms with Crippen LogP contribution in [0.15, 0.2) is 0 Å². The van der Waals surface area contributed by atoms with Gasteiger partial charge >= 0.3 is 0 Å². The minimum Gasteiger partial charge on any atom is -0.309 e. The second kappa shape index (κ2) is 13.0. The standard InChI is InChI=1S/C5H9S2.3Y/c1-5-6-3-2-4-7-5;;;/h2,5H,3-4H2,1H3;;;/q-1;;;. The van der Waals surface area contributed by atoms with Gasteiger partial charge in [-0.3, -0.25) is 0 Å². The van der Waals surface area contributed by atoms with E-state index in [0.29, 0.717) is 0 Å². The van der Waals surface area contributed by atoms with Crippen molar-refractivity contribution in [2.45, 2.75) is 11.5 Å². The molecule has 1 heterocycles. The first kappa shape index (κ1) is 19.6. The zero-order valence-corrected chi connectivity index (χ0v) is 16.3. The summed E-state index contributed by atoms with van der Waals surface area (Å²) in [7, 11) is 0. The fraction of sp³-hybridized carbons (Fsp3) is 0.800. The third kappa shape index (κ3) is 10.1. The van der Waals surface area contributed by atoms with E-state index in [9.17, 15) is 0 Å². The zero-order valence-electron chi connectivity index (χ0n) is 6.12. The van der Waals surface area contributed by atoms with Crippen LogP contribution in [-0.2, 0) is 98.1 Å². The first-order valence-corrected chi connectivity index (χ1v) is 4.54. The van der Waals surface area contributed by atoms with Crippen LogP contribution < -0.4 is 0 Å². The average Bonchev–Trinajstić information content (AvgIpc) is 1.69. The molecular weight excluding hydrogens is 391 g/mol. The topological polar surface area (TPSA) is 0 Å². The Morgan fingerprint density at radius 3 is 1.70 bits per heavy atom. The Morgan fingerprint density at radius 2 is 1.50 bits per heavy atom. The van der Waals surface area contributed by atoms with Crippen molar-refractivity contribution < 1.29 is 98.1 Å². The van der Waals surface area contributed by atoms with Gasteiger partial charge in [0.25, 0.3) is 0 Å². The molecule has 1 aliphatic rings. The maximum atomic E-state index is 2.33. The van der Waals surface area contributed by atoms with Gasteiger partial charge in [0, 0.05) is 103 Å². The zero-order chi connectivity index (χ0) is 5.11. The van der Waals surface area contributed by atoms with Crippen LogP contribution >= 0.6 is 23.5 Å². The van der Waals surface area contributed by atoms with Crippen LogP contribution in [-0.4, -0.2) is 16.1 Å². The number of hydrogen-bond donors (Lipinski definition) is 0. The molecule has 0 nitrogen and oxygen atoms in total. The van der Waals surface area contributed by atoms with Crippen molar-refractivity contribution in [1.82, 2.24) is 0 Å². The van der Waals surface area contributed by atoms with Crippen LogP contribution in [0.1, 0.15) is 6.92 Å². The van der Waals surface area contributed by atoms with Crippen molar-refractivity contribution >= 4 is 23.5 Å². The molecule has 51 valence electrons. The van der Waals surface area contributed by atoms with Crippen molar-refractivity contribution in [1.29, 1.82) is 0 Å². The molecule has 1 aliphatic heterocycles. The molecule has 0 aliphatic carbocycles. The summed E-state index contributed by atoms with van der Waals surface area (Å²) in [4.78, 5) is 0. The quantitative estimate of drug-likeness (QED) is 0.571. The van der Waals surface area contributed by atoms with Crippen molar-refractivity contribution in [3.05, 3.63) is 6.42 Å². The van der Waals surface area contributed by atoms with Gasteiger partial charge in [-0.2, -0.15) is 23.5 Å². The second-order valence-electron chi connectivity index (χ2n) is 1.52. The Morgan fingerprint density at radius 1 is 1.10 bits per heavy atom. The number of thioether (sulfide) groups is 2. The second-order valence-corrected chi connectivity index (χ2v) is 4.57. The molecule has 3 radical (unpaired) electrons. The molecule has 0 bridgehead atoms. The molecule has 0 atom stereocenters. The van der Waals surface area contributed by atoms with Crippen molar-refractivity contribution in [3.8, 4) is 0 Å². The molecule has 1 saturated heterocycles. The summed E-state index contributed by atoms with van der Waals surface area (Å²) in [5, 5.41) is 0. The molecule has 1 rings (SSSR count). The fourth-order valence-corrected chi connectivity index (χ4v) is 2.56. The van der Waals surface area contributed by atoms with Gasteiger partial charge in [0.05, 0.1) is 0 Å². The van der Waals surface area contributed by atoms with Crippen LogP contribution in [0.5, 0.6) is 0 Å².